The lowest BCUT2D eigenvalue weighted by Crippen LogP contribution is -1.95. The molecular formula is C55H36N2. The Morgan fingerprint density at radius 2 is 0.737 bits per heavy atom. The van der Waals surface area contributed by atoms with Gasteiger partial charge < -0.3 is 9.13 Å². The molecule has 0 bridgehead atoms. The molecule has 12 rings (SSSR count). The first kappa shape index (κ1) is 31.9. The number of hydrogen-bond donors (Lipinski definition) is 0. The minimum absolute atomic E-state index is 0.931. The van der Waals surface area contributed by atoms with E-state index in [2.05, 4.69) is 215 Å². The fourth-order valence-corrected chi connectivity index (χ4v) is 9.71. The largest absolute Gasteiger partial charge is 0.309 e. The van der Waals surface area contributed by atoms with Crippen molar-refractivity contribution in [2.75, 3.05) is 0 Å². The molecule has 0 aliphatic heterocycles. The highest BCUT2D eigenvalue weighted by molar-refractivity contribution is 6.29. The third-order valence-electron chi connectivity index (χ3n) is 12.2. The fraction of sp³-hybridized carbons (Fsp3) is 0.0182. The van der Waals surface area contributed by atoms with Crippen LogP contribution in [0.15, 0.2) is 206 Å². The Morgan fingerprint density at radius 3 is 1.33 bits per heavy atom. The minimum Gasteiger partial charge on any atom is -0.309 e. The first-order valence-electron chi connectivity index (χ1n) is 19.8. The molecule has 266 valence electrons. The lowest BCUT2D eigenvalue weighted by atomic mass is 9.95. The number of aromatic nitrogens is 2. The van der Waals surface area contributed by atoms with Crippen molar-refractivity contribution in [3.63, 3.8) is 0 Å². The van der Waals surface area contributed by atoms with Crippen LogP contribution in [0.4, 0.5) is 0 Å². The Kier molecular flexibility index (Phi) is 7.02. The molecule has 0 unspecified atom stereocenters. The Hall–Kier alpha value is -7.42. The maximum atomic E-state index is 2.45. The average Bonchev–Trinajstić information content (AvgIpc) is 3.95. The van der Waals surface area contributed by atoms with E-state index in [-0.39, 0.29) is 0 Å². The normalized spacial score (nSPS) is 12.1. The smallest absolute Gasteiger partial charge is 0.0548 e. The van der Waals surface area contributed by atoms with Gasteiger partial charge in [0.2, 0.25) is 0 Å². The SMILES string of the molecule is c1ccc(-c2cccc(-n3c4ccccc4c4c5c6ccccc6n(-c6ccc(-c7cccc8c7Cc7c(-c9ccccc9)cccc7-8)cc6)c5ccc43)c2)cc1. The van der Waals surface area contributed by atoms with Gasteiger partial charge in [-0.15, -0.1) is 0 Å². The van der Waals surface area contributed by atoms with Crippen molar-refractivity contribution in [2.24, 2.45) is 0 Å². The quantitative estimate of drug-likeness (QED) is 0.167. The molecule has 0 N–H and O–H groups in total. The van der Waals surface area contributed by atoms with E-state index in [1.807, 2.05) is 0 Å². The molecule has 0 spiro atoms. The third kappa shape index (κ3) is 4.84. The van der Waals surface area contributed by atoms with Gasteiger partial charge in [-0.1, -0.05) is 158 Å². The highest BCUT2D eigenvalue weighted by Gasteiger charge is 2.25. The van der Waals surface area contributed by atoms with Crippen LogP contribution in [-0.4, -0.2) is 9.13 Å². The Labute approximate surface area is 331 Å². The van der Waals surface area contributed by atoms with Gasteiger partial charge in [-0.2, -0.15) is 0 Å². The van der Waals surface area contributed by atoms with Gasteiger partial charge in [0.25, 0.3) is 0 Å². The first-order valence-corrected chi connectivity index (χ1v) is 19.8. The Morgan fingerprint density at radius 1 is 0.281 bits per heavy atom. The van der Waals surface area contributed by atoms with Crippen molar-refractivity contribution < 1.29 is 0 Å². The van der Waals surface area contributed by atoms with E-state index < -0.39 is 0 Å². The van der Waals surface area contributed by atoms with E-state index in [9.17, 15) is 0 Å². The van der Waals surface area contributed by atoms with Gasteiger partial charge in [0.15, 0.2) is 0 Å². The maximum Gasteiger partial charge on any atom is 0.0548 e. The van der Waals surface area contributed by atoms with Crippen LogP contribution >= 0.6 is 0 Å². The summed E-state index contributed by atoms with van der Waals surface area (Å²) in [6.07, 6.45) is 0.931. The summed E-state index contributed by atoms with van der Waals surface area (Å²) in [6.45, 7) is 0. The van der Waals surface area contributed by atoms with Gasteiger partial charge in [0, 0.05) is 32.9 Å². The summed E-state index contributed by atoms with van der Waals surface area (Å²) in [4.78, 5) is 0. The molecule has 11 aromatic rings. The van der Waals surface area contributed by atoms with Crippen molar-refractivity contribution in [1.29, 1.82) is 0 Å². The van der Waals surface area contributed by atoms with Crippen LogP contribution in [-0.2, 0) is 6.42 Å². The molecule has 9 aromatic carbocycles. The summed E-state index contributed by atoms with van der Waals surface area (Å²) < 4.78 is 4.89. The summed E-state index contributed by atoms with van der Waals surface area (Å²) >= 11 is 0. The van der Waals surface area contributed by atoms with Gasteiger partial charge in [-0.05, 0) is 111 Å². The van der Waals surface area contributed by atoms with Crippen LogP contribution in [0.2, 0.25) is 0 Å². The summed E-state index contributed by atoms with van der Waals surface area (Å²) in [5.74, 6) is 0. The second kappa shape index (κ2) is 12.6. The second-order valence-electron chi connectivity index (χ2n) is 15.2. The predicted octanol–water partition coefficient (Wildman–Crippen LogP) is 14.5. The molecule has 1 aliphatic rings. The molecule has 0 saturated carbocycles. The second-order valence-corrected chi connectivity index (χ2v) is 15.2. The van der Waals surface area contributed by atoms with Gasteiger partial charge in [0.1, 0.15) is 0 Å². The Balaban J connectivity index is 1.00. The molecule has 0 saturated heterocycles. The van der Waals surface area contributed by atoms with Crippen molar-refractivity contribution in [3.8, 4) is 55.9 Å². The molecule has 57 heavy (non-hydrogen) atoms. The number of hydrogen-bond acceptors (Lipinski definition) is 0. The summed E-state index contributed by atoms with van der Waals surface area (Å²) in [5.41, 5.74) is 20.3. The van der Waals surface area contributed by atoms with Gasteiger partial charge in [0.05, 0.1) is 22.1 Å². The molecule has 2 nitrogen and oxygen atoms in total. The number of rotatable bonds is 5. The molecule has 0 radical (unpaired) electrons. The predicted molar refractivity (Wildman–Crippen MR) is 240 cm³/mol. The van der Waals surface area contributed by atoms with Crippen LogP contribution in [0.3, 0.4) is 0 Å². The number of benzene rings is 9. The highest BCUT2D eigenvalue weighted by atomic mass is 15.0. The van der Waals surface area contributed by atoms with Gasteiger partial charge in [-0.25, -0.2) is 0 Å². The van der Waals surface area contributed by atoms with Crippen LogP contribution in [0.25, 0.3) is 99.5 Å². The highest BCUT2D eigenvalue weighted by Crippen LogP contribution is 2.46. The van der Waals surface area contributed by atoms with Crippen LogP contribution in [0.1, 0.15) is 11.1 Å². The zero-order valence-corrected chi connectivity index (χ0v) is 31.2. The number of nitrogens with zero attached hydrogens (tertiary/aromatic N) is 2. The summed E-state index contributed by atoms with van der Waals surface area (Å²) in [7, 11) is 0. The Bertz CT molecular complexity index is 3350. The van der Waals surface area contributed by atoms with Crippen molar-refractivity contribution in [1.82, 2.24) is 9.13 Å². The third-order valence-corrected chi connectivity index (χ3v) is 12.2. The van der Waals surface area contributed by atoms with E-state index >= 15 is 0 Å². The zero-order chi connectivity index (χ0) is 37.5. The molecule has 2 heteroatoms. The minimum atomic E-state index is 0.931. The molecule has 0 amide bonds. The monoisotopic (exact) mass is 724 g/mol. The molecular weight excluding hydrogens is 689 g/mol. The van der Waals surface area contributed by atoms with Crippen molar-refractivity contribution >= 4 is 43.6 Å². The van der Waals surface area contributed by atoms with Crippen molar-refractivity contribution in [2.45, 2.75) is 6.42 Å². The van der Waals surface area contributed by atoms with Crippen LogP contribution < -0.4 is 0 Å². The topological polar surface area (TPSA) is 9.86 Å². The van der Waals surface area contributed by atoms with E-state index in [0.29, 0.717) is 0 Å². The molecule has 0 fully saturated rings. The standard InChI is InChI=1S/C55H36N2/c1-3-14-36(15-4-1)39-18-11-19-41(34-39)57-51-27-10-8-21-47(51)55-53(57)33-32-52-54(55)46-20-7-9-26-50(46)56(52)40-30-28-38(29-31-40)43-23-13-25-45-44-24-12-22-42(48(44)35-49(43)45)37-16-5-2-6-17-37/h1-34H,35H2. The van der Waals surface area contributed by atoms with Gasteiger partial charge in [-0.3, -0.25) is 0 Å². The molecule has 2 heterocycles. The van der Waals surface area contributed by atoms with Gasteiger partial charge >= 0.3 is 0 Å². The zero-order valence-electron chi connectivity index (χ0n) is 31.2. The fourth-order valence-electron chi connectivity index (χ4n) is 9.71. The summed E-state index contributed by atoms with van der Waals surface area (Å²) in [5, 5.41) is 5.09. The van der Waals surface area contributed by atoms with Crippen LogP contribution in [0.5, 0.6) is 0 Å². The lowest BCUT2D eigenvalue weighted by molar-refractivity contribution is 1.17. The summed E-state index contributed by atoms with van der Waals surface area (Å²) in [6, 6.07) is 75.6. The lowest BCUT2D eigenvalue weighted by Gasteiger charge is -2.12. The van der Waals surface area contributed by atoms with Crippen LogP contribution in [0, 0.1) is 0 Å². The molecule has 1 aliphatic carbocycles. The van der Waals surface area contributed by atoms with E-state index in [0.717, 1.165) is 17.8 Å². The van der Waals surface area contributed by atoms with E-state index in [4.69, 9.17) is 0 Å². The number of fused-ring (bicyclic) bond motifs is 10. The van der Waals surface area contributed by atoms with Crippen molar-refractivity contribution in [3.05, 3.63) is 217 Å². The average molecular weight is 725 g/mol. The molecule has 2 aromatic heterocycles. The van der Waals surface area contributed by atoms with E-state index in [1.165, 1.54) is 99.2 Å². The molecule has 0 atom stereocenters. The number of para-hydroxylation sites is 2. The van der Waals surface area contributed by atoms with E-state index in [1.54, 1.807) is 0 Å². The first-order chi connectivity index (χ1) is 28.3. The maximum absolute atomic E-state index is 2.45.